The van der Waals surface area contributed by atoms with Crippen LogP contribution in [0.3, 0.4) is 0 Å². The van der Waals surface area contributed by atoms with E-state index in [-0.39, 0.29) is 11.8 Å². The van der Waals surface area contributed by atoms with Gasteiger partial charge in [-0.1, -0.05) is 12.8 Å². The first-order chi connectivity index (χ1) is 8.69. The number of fused-ring (bicyclic) bond motifs is 1. The van der Waals surface area contributed by atoms with Crippen LogP contribution in [-0.2, 0) is 0 Å². The Hall–Kier alpha value is -1.36. The van der Waals surface area contributed by atoms with Gasteiger partial charge in [0.15, 0.2) is 0 Å². The summed E-state index contributed by atoms with van der Waals surface area (Å²) in [6.45, 7) is 1.33. The van der Waals surface area contributed by atoms with Gasteiger partial charge in [0.05, 0.1) is 17.4 Å². The van der Waals surface area contributed by atoms with E-state index in [4.69, 9.17) is 0 Å². The van der Waals surface area contributed by atoms with E-state index >= 15 is 0 Å². The molecule has 0 spiro atoms. The average molecular weight is 249 g/mol. The molecule has 2 atom stereocenters. The van der Waals surface area contributed by atoms with E-state index in [9.17, 15) is 9.90 Å². The number of likely N-dealkylation sites (tertiary alicyclic amines) is 1. The van der Waals surface area contributed by atoms with Crippen molar-refractivity contribution >= 4 is 5.91 Å². The second-order valence-corrected chi connectivity index (χ2v) is 5.53. The van der Waals surface area contributed by atoms with Gasteiger partial charge in [-0.2, -0.15) is 5.10 Å². The first-order valence-electron chi connectivity index (χ1n) is 6.69. The average Bonchev–Trinajstić information content (AvgIpc) is 2.90. The second kappa shape index (κ2) is 4.39. The Bertz CT molecular complexity index is 431. The Balaban J connectivity index is 1.72. The maximum absolute atomic E-state index is 12.2. The molecule has 2 fully saturated rings. The van der Waals surface area contributed by atoms with E-state index in [1.165, 1.54) is 6.42 Å². The molecule has 1 aliphatic carbocycles. The molecular formula is C13H19N3O2. The van der Waals surface area contributed by atoms with Gasteiger partial charge in [-0.05, 0) is 19.3 Å². The Morgan fingerprint density at radius 2 is 2.39 bits per heavy atom. The van der Waals surface area contributed by atoms with Crippen LogP contribution in [0, 0.1) is 5.92 Å². The van der Waals surface area contributed by atoms with Crippen molar-refractivity contribution < 1.29 is 9.90 Å². The predicted octanol–water partition coefficient (Wildman–Crippen LogP) is 1.18. The highest BCUT2D eigenvalue weighted by molar-refractivity contribution is 5.93. The summed E-state index contributed by atoms with van der Waals surface area (Å²) in [4.78, 5) is 14.1. The number of piperidine rings is 1. The summed E-state index contributed by atoms with van der Waals surface area (Å²) in [5, 5.41) is 17.0. The number of amides is 1. The van der Waals surface area contributed by atoms with E-state index in [2.05, 4.69) is 10.2 Å². The van der Waals surface area contributed by atoms with Crippen LogP contribution in [0.15, 0.2) is 12.4 Å². The summed E-state index contributed by atoms with van der Waals surface area (Å²) in [6, 6.07) is 0. The molecule has 1 aliphatic heterocycles. The number of hydrogen-bond acceptors (Lipinski definition) is 3. The lowest BCUT2D eigenvalue weighted by molar-refractivity contribution is -0.0886. The fourth-order valence-corrected chi connectivity index (χ4v) is 3.31. The molecule has 5 nitrogen and oxygen atoms in total. The molecule has 1 saturated carbocycles. The molecule has 3 rings (SSSR count). The topological polar surface area (TPSA) is 69.2 Å². The number of hydrogen-bond donors (Lipinski definition) is 2. The fraction of sp³-hybridized carbons (Fsp3) is 0.692. The molecule has 0 bridgehead atoms. The zero-order valence-corrected chi connectivity index (χ0v) is 10.4. The summed E-state index contributed by atoms with van der Waals surface area (Å²) in [5.41, 5.74) is 0.0852. The van der Waals surface area contributed by atoms with E-state index in [1.807, 2.05) is 4.90 Å². The third kappa shape index (κ3) is 1.92. The Labute approximate surface area is 106 Å². The van der Waals surface area contributed by atoms with E-state index < -0.39 is 5.60 Å². The number of aliphatic hydroxyl groups is 1. The van der Waals surface area contributed by atoms with Gasteiger partial charge in [0.25, 0.3) is 5.91 Å². The van der Waals surface area contributed by atoms with Gasteiger partial charge in [0, 0.05) is 25.2 Å². The van der Waals surface area contributed by atoms with E-state index in [1.54, 1.807) is 12.4 Å². The van der Waals surface area contributed by atoms with Crippen LogP contribution in [0.25, 0.3) is 0 Å². The lowest BCUT2D eigenvalue weighted by atomic mass is 9.71. The number of nitrogens with one attached hydrogen (secondary N) is 1. The lowest BCUT2D eigenvalue weighted by Crippen LogP contribution is -2.54. The largest absolute Gasteiger partial charge is 0.389 e. The summed E-state index contributed by atoms with van der Waals surface area (Å²) in [6.07, 6.45) is 8.11. The minimum Gasteiger partial charge on any atom is -0.389 e. The fourth-order valence-electron chi connectivity index (χ4n) is 3.31. The Morgan fingerprint density at radius 1 is 1.50 bits per heavy atom. The van der Waals surface area contributed by atoms with Gasteiger partial charge in [0.1, 0.15) is 0 Å². The van der Waals surface area contributed by atoms with E-state index in [0.29, 0.717) is 25.1 Å². The number of aromatic nitrogens is 2. The van der Waals surface area contributed by atoms with Crippen LogP contribution in [0.4, 0.5) is 0 Å². The van der Waals surface area contributed by atoms with E-state index in [0.717, 1.165) is 19.3 Å². The van der Waals surface area contributed by atoms with Crippen molar-refractivity contribution in [3.8, 4) is 0 Å². The van der Waals surface area contributed by atoms with Crippen LogP contribution in [0.5, 0.6) is 0 Å². The molecule has 0 radical (unpaired) electrons. The highest BCUT2D eigenvalue weighted by Gasteiger charge is 2.43. The minimum absolute atomic E-state index is 0.0244. The maximum Gasteiger partial charge on any atom is 0.257 e. The molecule has 5 heteroatoms. The standard InChI is InChI=1S/C13H19N3O2/c17-12(10-7-14-15-8-10)16-6-5-13(18)4-2-1-3-11(13)9-16/h7-8,11,18H,1-6,9H2,(H,14,15)/t11-,13-/m1/s1. The number of carbonyl (C=O) groups is 1. The zero-order valence-electron chi connectivity index (χ0n) is 10.4. The number of aromatic amines is 1. The van der Waals surface area contributed by atoms with Crippen molar-refractivity contribution in [2.75, 3.05) is 13.1 Å². The summed E-state index contributed by atoms with van der Waals surface area (Å²) < 4.78 is 0. The minimum atomic E-state index is -0.522. The Morgan fingerprint density at radius 3 is 3.17 bits per heavy atom. The van der Waals surface area contributed by atoms with Crippen molar-refractivity contribution in [1.29, 1.82) is 0 Å². The van der Waals surface area contributed by atoms with Crippen LogP contribution >= 0.6 is 0 Å². The van der Waals surface area contributed by atoms with Crippen molar-refractivity contribution in [2.45, 2.75) is 37.7 Å². The number of rotatable bonds is 1. The third-order valence-electron chi connectivity index (χ3n) is 4.46. The molecule has 1 aromatic rings. The van der Waals surface area contributed by atoms with Gasteiger partial charge in [-0.15, -0.1) is 0 Å². The molecule has 0 aromatic carbocycles. The SMILES string of the molecule is O=C(c1cn[nH]c1)N1CC[C@]2(O)CCCC[C@@H]2C1. The normalized spacial score (nSPS) is 32.1. The van der Waals surface area contributed by atoms with Gasteiger partial charge < -0.3 is 10.0 Å². The first kappa shape index (κ1) is 11.7. The van der Waals surface area contributed by atoms with Crippen molar-refractivity contribution in [1.82, 2.24) is 15.1 Å². The zero-order chi connectivity index (χ0) is 12.6. The third-order valence-corrected chi connectivity index (χ3v) is 4.46. The molecule has 1 amide bonds. The van der Waals surface area contributed by atoms with Crippen LogP contribution in [-0.4, -0.2) is 44.8 Å². The van der Waals surface area contributed by atoms with Crippen molar-refractivity contribution in [3.63, 3.8) is 0 Å². The molecule has 2 heterocycles. The predicted molar refractivity (Wildman–Crippen MR) is 66.0 cm³/mol. The summed E-state index contributed by atoms with van der Waals surface area (Å²) in [7, 11) is 0. The highest BCUT2D eigenvalue weighted by Crippen LogP contribution is 2.39. The summed E-state index contributed by atoms with van der Waals surface area (Å²) >= 11 is 0. The van der Waals surface area contributed by atoms with Gasteiger partial charge >= 0.3 is 0 Å². The number of carbonyl (C=O) groups excluding carboxylic acids is 1. The van der Waals surface area contributed by atoms with Crippen molar-refractivity contribution in [3.05, 3.63) is 18.0 Å². The van der Waals surface area contributed by atoms with Crippen LogP contribution in [0.2, 0.25) is 0 Å². The number of H-pyrrole nitrogens is 1. The van der Waals surface area contributed by atoms with Crippen LogP contribution < -0.4 is 0 Å². The smallest absolute Gasteiger partial charge is 0.257 e. The molecule has 98 valence electrons. The quantitative estimate of drug-likeness (QED) is 0.785. The molecule has 0 unspecified atom stereocenters. The molecular weight excluding hydrogens is 230 g/mol. The molecule has 1 aromatic heterocycles. The summed E-state index contributed by atoms with van der Waals surface area (Å²) in [5.74, 6) is 0.271. The Kier molecular flexibility index (Phi) is 2.86. The second-order valence-electron chi connectivity index (χ2n) is 5.53. The first-order valence-corrected chi connectivity index (χ1v) is 6.69. The molecule has 2 aliphatic rings. The lowest BCUT2D eigenvalue weighted by Gasteiger charge is -2.47. The van der Waals surface area contributed by atoms with Gasteiger partial charge in [0.2, 0.25) is 0 Å². The maximum atomic E-state index is 12.2. The van der Waals surface area contributed by atoms with Gasteiger partial charge in [-0.25, -0.2) is 0 Å². The van der Waals surface area contributed by atoms with Gasteiger partial charge in [-0.3, -0.25) is 9.89 Å². The molecule has 2 N–H and O–H groups in total. The highest BCUT2D eigenvalue weighted by atomic mass is 16.3. The van der Waals surface area contributed by atoms with Crippen molar-refractivity contribution in [2.24, 2.45) is 5.92 Å². The van der Waals surface area contributed by atoms with Crippen LogP contribution in [0.1, 0.15) is 42.5 Å². The monoisotopic (exact) mass is 249 g/mol. The molecule has 18 heavy (non-hydrogen) atoms. The number of nitrogens with zero attached hydrogens (tertiary/aromatic N) is 2. The molecule has 1 saturated heterocycles.